The molecule has 0 aromatic heterocycles. The molecule has 0 spiro atoms. The number of rotatable bonds is 3. The van der Waals surface area contributed by atoms with Gasteiger partial charge < -0.3 is 14.6 Å². The molecule has 0 bridgehead atoms. The van der Waals surface area contributed by atoms with E-state index in [1.165, 1.54) is 6.42 Å². The maximum atomic E-state index is 13.4. The Labute approximate surface area is 220 Å². The van der Waals surface area contributed by atoms with Gasteiger partial charge in [0.15, 0.2) is 0 Å². The third kappa shape index (κ3) is 3.28. The minimum Gasteiger partial charge on any atom is -0.469 e. The highest BCUT2D eigenvalue weighted by molar-refractivity contribution is 5.78. The van der Waals surface area contributed by atoms with Crippen LogP contribution < -0.4 is 0 Å². The first-order valence-electron chi connectivity index (χ1n) is 14.7. The molecule has 5 aliphatic carbocycles. The maximum absolute atomic E-state index is 13.4. The van der Waals surface area contributed by atoms with Gasteiger partial charge in [-0.15, -0.1) is 0 Å². The molecule has 0 aromatic carbocycles. The topological polar surface area (TPSA) is 55.8 Å². The monoisotopic (exact) mass is 500 g/mol. The normalized spacial score (nSPS) is 51.6. The van der Waals surface area contributed by atoms with Gasteiger partial charge in [-0.3, -0.25) is 4.79 Å². The second-order valence-corrected chi connectivity index (χ2v) is 15.4. The highest BCUT2D eigenvalue weighted by atomic mass is 16.5. The van der Waals surface area contributed by atoms with E-state index in [2.05, 4.69) is 47.6 Å². The summed E-state index contributed by atoms with van der Waals surface area (Å²) in [6.07, 6.45) is 12.9. The van der Waals surface area contributed by atoms with Crippen LogP contribution in [0.4, 0.5) is 0 Å². The zero-order valence-corrected chi connectivity index (χ0v) is 24.3. The van der Waals surface area contributed by atoms with Gasteiger partial charge in [0.2, 0.25) is 0 Å². The summed E-state index contributed by atoms with van der Waals surface area (Å²) in [7, 11) is 3.37. The SMILES string of the molecule is COC[C@]1(C)C2CC[C@]3(C)[C@H](CC=C4[C@H]5CC(C)(C)CC[C@]5(C(=O)OC)CC[C@]43C)[C@@]2(C)CC[C@@H]1O. The number of esters is 1. The van der Waals surface area contributed by atoms with Crippen LogP contribution in [0.5, 0.6) is 0 Å². The molecule has 5 aliphatic rings. The van der Waals surface area contributed by atoms with Crippen molar-refractivity contribution >= 4 is 5.97 Å². The molecule has 0 amide bonds. The van der Waals surface area contributed by atoms with E-state index in [0.29, 0.717) is 24.4 Å². The molecule has 36 heavy (non-hydrogen) atoms. The number of ether oxygens (including phenoxy) is 2. The third-order valence-corrected chi connectivity index (χ3v) is 13.5. The predicted molar refractivity (Wildman–Crippen MR) is 143 cm³/mol. The quantitative estimate of drug-likeness (QED) is 0.336. The van der Waals surface area contributed by atoms with Crippen LogP contribution in [0.1, 0.15) is 106 Å². The van der Waals surface area contributed by atoms with Crippen molar-refractivity contribution in [2.24, 2.45) is 50.2 Å². The third-order valence-electron chi connectivity index (χ3n) is 13.5. The van der Waals surface area contributed by atoms with Crippen LogP contribution in [0.2, 0.25) is 0 Å². The van der Waals surface area contributed by atoms with E-state index < -0.39 is 0 Å². The van der Waals surface area contributed by atoms with Crippen molar-refractivity contribution in [1.82, 2.24) is 0 Å². The number of methoxy groups -OCH3 is 2. The first-order valence-corrected chi connectivity index (χ1v) is 14.7. The van der Waals surface area contributed by atoms with Gasteiger partial charge in [-0.25, -0.2) is 0 Å². The van der Waals surface area contributed by atoms with Gasteiger partial charge in [0.1, 0.15) is 0 Å². The van der Waals surface area contributed by atoms with Crippen molar-refractivity contribution in [1.29, 1.82) is 0 Å². The zero-order valence-electron chi connectivity index (χ0n) is 24.3. The summed E-state index contributed by atoms with van der Waals surface area (Å²) in [5.74, 6) is 1.38. The zero-order chi connectivity index (χ0) is 26.4. The van der Waals surface area contributed by atoms with Gasteiger partial charge in [-0.1, -0.05) is 53.2 Å². The van der Waals surface area contributed by atoms with Crippen LogP contribution in [0.3, 0.4) is 0 Å². The summed E-state index contributed by atoms with van der Waals surface area (Å²) in [5, 5.41) is 11.2. The van der Waals surface area contributed by atoms with Gasteiger partial charge in [0.05, 0.1) is 25.2 Å². The Morgan fingerprint density at radius 2 is 1.64 bits per heavy atom. The standard InChI is InChI=1S/C32H52O4/c1-27(2)15-17-32(26(34)36-8)18-16-30(5)21(22(32)19-27)9-10-24-28(3)13-12-25(33)29(4,20-35-7)23(28)11-14-31(24,30)6/h9,22-25,33H,10-20H2,1-8H3/t22-,23?,24-,25+,28+,29-,30-,31-,32+/m1/s1. The highest BCUT2D eigenvalue weighted by Crippen LogP contribution is 2.75. The largest absolute Gasteiger partial charge is 0.469 e. The number of fused-ring (bicyclic) bond motifs is 7. The number of carbonyl (C=O) groups is 1. The Balaban J connectivity index is 1.58. The average Bonchev–Trinajstić information content (AvgIpc) is 2.81. The van der Waals surface area contributed by atoms with Gasteiger partial charge in [-0.05, 0) is 104 Å². The Hall–Kier alpha value is -0.870. The van der Waals surface area contributed by atoms with Crippen LogP contribution in [0.15, 0.2) is 11.6 Å². The smallest absolute Gasteiger partial charge is 0.312 e. The lowest BCUT2D eigenvalue weighted by molar-refractivity contribution is -0.218. The van der Waals surface area contributed by atoms with Crippen LogP contribution >= 0.6 is 0 Å². The summed E-state index contributed by atoms with van der Waals surface area (Å²) < 4.78 is 11.2. The van der Waals surface area contributed by atoms with E-state index in [4.69, 9.17) is 9.47 Å². The Bertz CT molecular complexity index is 938. The molecule has 0 saturated heterocycles. The number of aliphatic hydroxyl groups excluding tert-OH is 1. The number of hydrogen-bond acceptors (Lipinski definition) is 4. The molecule has 1 unspecified atom stereocenters. The van der Waals surface area contributed by atoms with E-state index in [1.807, 2.05) is 0 Å². The molecule has 204 valence electrons. The summed E-state index contributed by atoms with van der Waals surface area (Å²) in [6, 6.07) is 0. The van der Waals surface area contributed by atoms with E-state index in [1.54, 1.807) is 19.8 Å². The highest BCUT2D eigenvalue weighted by Gasteiger charge is 2.69. The van der Waals surface area contributed by atoms with Crippen molar-refractivity contribution in [2.75, 3.05) is 20.8 Å². The molecule has 4 heteroatoms. The van der Waals surface area contributed by atoms with Crippen LogP contribution in [-0.4, -0.2) is 38.0 Å². The molecule has 5 rings (SSSR count). The predicted octanol–water partition coefficient (Wildman–Crippen LogP) is 6.95. The average molecular weight is 501 g/mol. The first-order chi connectivity index (χ1) is 16.7. The summed E-state index contributed by atoms with van der Waals surface area (Å²) in [5.41, 5.74) is 1.80. The van der Waals surface area contributed by atoms with E-state index in [-0.39, 0.29) is 44.6 Å². The van der Waals surface area contributed by atoms with Gasteiger partial charge >= 0.3 is 5.97 Å². The first kappa shape index (κ1) is 26.7. The minimum absolute atomic E-state index is 0.0329. The molecule has 9 atom stereocenters. The van der Waals surface area contributed by atoms with E-state index in [0.717, 1.165) is 57.8 Å². The lowest BCUT2D eigenvalue weighted by atomic mass is 9.33. The molecule has 0 heterocycles. The van der Waals surface area contributed by atoms with Gasteiger partial charge in [0.25, 0.3) is 0 Å². The van der Waals surface area contributed by atoms with Crippen molar-refractivity contribution < 1.29 is 19.4 Å². The fraction of sp³-hybridized carbons (Fsp3) is 0.906. The fourth-order valence-corrected chi connectivity index (χ4v) is 11.1. The van der Waals surface area contributed by atoms with Crippen molar-refractivity contribution in [3.63, 3.8) is 0 Å². The Morgan fingerprint density at radius 1 is 0.944 bits per heavy atom. The molecule has 4 fully saturated rings. The summed E-state index contributed by atoms with van der Waals surface area (Å²) >= 11 is 0. The van der Waals surface area contributed by atoms with Crippen molar-refractivity contribution in [3.05, 3.63) is 11.6 Å². The lowest BCUT2D eigenvalue weighted by Gasteiger charge is -2.71. The molecule has 0 radical (unpaired) electrons. The molecule has 0 aliphatic heterocycles. The van der Waals surface area contributed by atoms with Crippen molar-refractivity contribution in [3.8, 4) is 0 Å². The van der Waals surface area contributed by atoms with Crippen LogP contribution in [-0.2, 0) is 14.3 Å². The molecule has 4 nitrogen and oxygen atoms in total. The molecule has 1 N–H and O–H groups in total. The Kier molecular flexibility index (Phi) is 6.17. The van der Waals surface area contributed by atoms with Gasteiger partial charge in [0, 0.05) is 12.5 Å². The summed E-state index contributed by atoms with van der Waals surface area (Å²) in [4.78, 5) is 13.4. The minimum atomic E-state index is -0.341. The van der Waals surface area contributed by atoms with Crippen molar-refractivity contribution in [2.45, 2.75) is 112 Å². The number of allylic oxidation sites excluding steroid dienone is 2. The molecular formula is C32H52O4. The number of hydrogen-bond donors (Lipinski definition) is 1. The van der Waals surface area contributed by atoms with E-state index >= 15 is 0 Å². The molecule has 4 saturated carbocycles. The molecular weight excluding hydrogens is 448 g/mol. The number of aliphatic hydroxyl groups is 1. The fourth-order valence-electron chi connectivity index (χ4n) is 11.1. The second kappa shape index (κ2) is 8.31. The van der Waals surface area contributed by atoms with Crippen LogP contribution in [0.25, 0.3) is 0 Å². The van der Waals surface area contributed by atoms with Crippen LogP contribution in [0, 0.1) is 50.2 Å². The lowest BCUT2D eigenvalue weighted by Crippen LogP contribution is -2.66. The second-order valence-electron chi connectivity index (χ2n) is 15.4. The van der Waals surface area contributed by atoms with Gasteiger partial charge in [-0.2, -0.15) is 0 Å². The van der Waals surface area contributed by atoms with E-state index in [9.17, 15) is 9.90 Å². The maximum Gasteiger partial charge on any atom is 0.312 e. The Morgan fingerprint density at radius 3 is 2.31 bits per heavy atom. The summed E-state index contributed by atoms with van der Waals surface area (Å²) in [6.45, 7) is 15.4. The number of carbonyl (C=O) groups excluding carboxylic acids is 1. The molecule has 0 aromatic rings.